The molecule has 0 saturated carbocycles. The molecule has 104 valence electrons. The number of aryl methyl sites for hydroxylation is 1. The number of rotatable bonds is 4. The molecule has 0 saturated heterocycles. The number of halogens is 1. The van der Waals surface area contributed by atoms with Gasteiger partial charge in [0.25, 0.3) is 5.69 Å². The molecule has 0 amide bonds. The average molecular weight is 291 g/mol. The quantitative estimate of drug-likeness (QED) is 0.654. The molecule has 5 heteroatoms. The van der Waals surface area contributed by atoms with Gasteiger partial charge < -0.3 is 5.32 Å². The first-order valence-corrected chi connectivity index (χ1v) is 6.63. The maximum absolute atomic E-state index is 11.1. The van der Waals surface area contributed by atoms with E-state index in [1.54, 1.807) is 12.1 Å². The normalized spacial score (nSPS) is 11.9. The lowest BCUT2D eigenvalue weighted by Gasteiger charge is -2.18. The van der Waals surface area contributed by atoms with Crippen molar-refractivity contribution in [2.24, 2.45) is 0 Å². The summed E-state index contributed by atoms with van der Waals surface area (Å²) in [5, 5.41) is 14.9. The van der Waals surface area contributed by atoms with Gasteiger partial charge in [0.05, 0.1) is 11.0 Å². The van der Waals surface area contributed by atoms with Crippen LogP contribution in [0.1, 0.15) is 24.1 Å². The van der Waals surface area contributed by atoms with Crippen molar-refractivity contribution in [3.63, 3.8) is 0 Å². The lowest BCUT2D eigenvalue weighted by atomic mass is 10.1. The highest BCUT2D eigenvalue weighted by Crippen LogP contribution is 2.32. The molecular weight excluding hydrogens is 276 g/mol. The van der Waals surface area contributed by atoms with Crippen LogP contribution in [-0.4, -0.2) is 4.92 Å². The van der Waals surface area contributed by atoms with Crippen molar-refractivity contribution in [2.75, 3.05) is 5.32 Å². The van der Waals surface area contributed by atoms with E-state index in [1.165, 1.54) is 6.07 Å². The summed E-state index contributed by atoms with van der Waals surface area (Å²) in [7, 11) is 0. The van der Waals surface area contributed by atoms with E-state index >= 15 is 0 Å². The molecule has 0 aromatic heterocycles. The summed E-state index contributed by atoms with van der Waals surface area (Å²) in [5.41, 5.74) is 2.35. The van der Waals surface area contributed by atoms with E-state index in [0.717, 1.165) is 11.1 Å². The standard InChI is InChI=1S/C15H15ClN2O2/c1-10-6-5-9-14(18(19)20)15(10)17-11(2)12-7-3-4-8-13(12)16/h3-9,11,17H,1-2H3. The Morgan fingerprint density at radius 2 is 1.90 bits per heavy atom. The van der Waals surface area contributed by atoms with Gasteiger partial charge >= 0.3 is 0 Å². The zero-order valence-corrected chi connectivity index (χ0v) is 12.0. The predicted molar refractivity (Wildman–Crippen MR) is 81.3 cm³/mol. The van der Waals surface area contributed by atoms with Gasteiger partial charge in [-0.25, -0.2) is 0 Å². The Balaban J connectivity index is 2.35. The lowest BCUT2D eigenvalue weighted by molar-refractivity contribution is -0.384. The fraction of sp³-hybridized carbons (Fsp3) is 0.200. The first-order valence-electron chi connectivity index (χ1n) is 6.25. The topological polar surface area (TPSA) is 55.2 Å². The largest absolute Gasteiger partial charge is 0.373 e. The van der Waals surface area contributed by atoms with Crippen LogP contribution in [0.25, 0.3) is 0 Å². The van der Waals surface area contributed by atoms with Gasteiger partial charge in [-0.15, -0.1) is 0 Å². The molecule has 0 aliphatic rings. The number of nitro benzene ring substituents is 1. The average Bonchev–Trinajstić information content (AvgIpc) is 2.41. The first kappa shape index (κ1) is 14.3. The fourth-order valence-corrected chi connectivity index (χ4v) is 2.41. The molecule has 2 aromatic carbocycles. The maximum Gasteiger partial charge on any atom is 0.292 e. The van der Waals surface area contributed by atoms with Crippen molar-refractivity contribution in [3.8, 4) is 0 Å². The van der Waals surface area contributed by atoms with Crippen molar-refractivity contribution in [3.05, 3.63) is 68.7 Å². The van der Waals surface area contributed by atoms with E-state index in [9.17, 15) is 10.1 Å². The zero-order valence-electron chi connectivity index (χ0n) is 11.3. The smallest absolute Gasteiger partial charge is 0.292 e. The molecule has 0 aliphatic heterocycles. The number of para-hydroxylation sites is 1. The molecule has 0 heterocycles. The molecule has 0 aliphatic carbocycles. The third kappa shape index (κ3) is 2.91. The number of nitro groups is 1. The van der Waals surface area contributed by atoms with Gasteiger partial charge in [0.1, 0.15) is 5.69 Å². The number of nitrogens with one attached hydrogen (secondary N) is 1. The second-order valence-electron chi connectivity index (χ2n) is 4.61. The first-order chi connectivity index (χ1) is 9.50. The minimum atomic E-state index is -0.380. The lowest BCUT2D eigenvalue weighted by Crippen LogP contribution is -2.10. The van der Waals surface area contributed by atoms with Crippen molar-refractivity contribution >= 4 is 23.0 Å². The Morgan fingerprint density at radius 3 is 2.55 bits per heavy atom. The minimum absolute atomic E-state index is 0.0731. The summed E-state index contributed by atoms with van der Waals surface area (Å²) in [6.07, 6.45) is 0. The Hall–Kier alpha value is -2.07. The number of hydrogen-bond donors (Lipinski definition) is 1. The van der Waals surface area contributed by atoms with E-state index in [-0.39, 0.29) is 16.7 Å². The zero-order chi connectivity index (χ0) is 14.7. The molecule has 0 radical (unpaired) electrons. The summed E-state index contributed by atoms with van der Waals surface area (Å²) >= 11 is 6.15. The molecule has 0 bridgehead atoms. The molecule has 1 N–H and O–H groups in total. The van der Waals surface area contributed by atoms with Gasteiger partial charge in [-0.1, -0.05) is 41.9 Å². The van der Waals surface area contributed by atoms with Crippen molar-refractivity contribution in [2.45, 2.75) is 19.9 Å². The summed E-state index contributed by atoms with van der Waals surface area (Å²) in [6, 6.07) is 12.4. The van der Waals surface area contributed by atoms with Crippen LogP contribution in [0, 0.1) is 17.0 Å². The highest BCUT2D eigenvalue weighted by atomic mass is 35.5. The van der Waals surface area contributed by atoms with Gasteiger partial charge in [-0.2, -0.15) is 0 Å². The summed E-state index contributed by atoms with van der Waals surface area (Å²) < 4.78 is 0. The number of nitrogens with zero attached hydrogens (tertiary/aromatic N) is 1. The summed E-state index contributed by atoms with van der Waals surface area (Å²) in [4.78, 5) is 10.7. The highest BCUT2D eigenvalue weighted by molar-refractivity contribution is 6.31. The molecule has 1 atom stereocenters. The second-order valence-corrected chi connectivity index (χ2v) is 5.02. The Morgan fingerprint density at radius 1 is 1.20 bits per heavy atom. The molecular formula is C15H15ClN2O2. The van der Waals surface area contributed by atoms with Gasteiger partial charge in [-0.05, 0) is 31.0 Å². The molecule has 4 nitrogen and oxygen atoms in total. The minimum Gasteiger partial charge on any atom is -0.373 e. The molecule has 2 aromatic rings. The SMILES string of the molecule is Cc1cccc([N+](=O)[O-])c1NC(C)c1ccccc1Cl. The fourth-order valence-electron chi connectivity index (χ4n) is 2.11. The summed E-state index contributed by atoms with van der Waals surface area (Å²) in [5.74, 6) is 0. The Kier molecular flexibility index (Phi) is 4.25. The maximum atomic E-state index is 11.1. The number of benzene rings is 2. The molecule has 0 fully saturated rings. The molecule has 1 unspecified atom stereocenters. The number of anilines is 1. The van der Waals surface area contributed by atoms with Crippen LogP contribution >= 0.6 is 11.6 Å². The van der Waals surface area contributed by atoms with Crippen LogP contribution in [0.15, 0.2) is 42.5 Å². The van der Waals surface area contributed by atoms with E-state index in [2.05, 4.69) is 5.32 Å². The van der Waals surface area contributed by atoms with E-state index in [1.807, 2.05) is 38.1 Å². The second kappa shape index (κ2) is 5.92. The third-order valence-electron chi connectivity index (χ3n) is 3.18. The highest BCUT2D eigenvalue weighted by Gasteiger charge is 2.18. The third-order valence-corrected chi connectivity index (χ3v) is 3.52. The van der Waals surface area contributed by atoms with Crippen LogP contribution in [0.2, 0.25) is 5.02 Å². The monoisotopic (exact) mass is 290 g/mol. The summed E-state index contributed by atoms with van der Waals surface area (Å²) in [6.45, 7) is 3.77. The van der Waals surface area contributed by atoms with Gasteiger partial charge in [-0.3, -0.25) is 10.1 Å². The predicted octanol–water partition coefficient (Wildman–Crippen LogP) is 4.73. The van der Waals surface area contributed by atoms with Crippen molar-refractivity contribution in [1.82, 2.24) is 0 Å². The van der Waals surface area contributed by atoms with Crippen LogP contribution in [0.4, 0.5) is 11.4 Å². The van der Waals surface area contributed by atoms with Crippen LogP contribution in [0.3, 0.4) is 0 Å². The van der Waals surface area contributed by atoms with Gasteiger partial charge in [0.15, 0.2) is 0 Å². The molecule has 0 spiro atoms. The number of hydrogen-bond acceptors (Lipinski definition) is 3. The van der Waals surface area contributed by atoms with Crippen LogP contribution in [-0.2, 0) is 0 Å². The van der Waals surface area contributed by atoms with Gasteiger partial charge in [0, 0.05) is 11.1 Å². The van der Waals surface area contributed by atoms with Crippen molar-refractivity contribution < 1.29 is 4.92 Å². The van der Waals surface area contributed by atoms with Crippen molar-refractivity contribution in [1.29, 1.82) is 0 Å². The molecule has 2 rings (SSSR count). The Bertz CT molecular complexity index is 644. The van der Waals surface area contributed by atoms with Crippen LogP contribution < -0.4 is 5.32 Å². The Labute approximate surface area is 122 Å². The van der Waals surface area contributed by atoms with E-state index < -0.39 is 0 Å². The molecule has 20 heavy (non-hydrogen) atoms. The van der Waals surface area contributed by atoms with E-state index in [4.69, 9.17) is 11.6 Å². The van der Waals surface area contributed by atoms with Gasteiger partial charge in [0.2, 0.25) is 0 Å². The van der Waals surface area contributed by atoms with E-state index in [0.29, 0.717) is 10.7 Å². The van der Waals surface area contributed by atoms with Crippen LogP contribution in [0.5, 0.6) is 0 Å².